The van der Waals surface area contributed by atoms with Gasteiger partial charge in [-0.15, -0.1) is 0 Å². The van der Waals surface area contributed by atoms with Crippen LogP contribution in [-0.2, 0) is 20.9 Å². The molecule has 0 bridgehead atoms. The first-order chi connectivity index (χ1) is 11.5. The third-order valence-electron chi connectivity index (χ3n) is 4.08. The molecule has 0 atom stereocenters. The fraction of sp³-hybridized carbons (Fsp3) is 0.471. The molecule has 1 fully saturated rings. The second kappa shape index (κ2) is 8.42. The van der Waals surface area contributed by atoms with Crippen molar-refractivity contribution < 1.29 is 18.8 Å². The van der Waals surface area contributed by atoms with Gasteiger partial charge in [-0.05, 0) is 6.07 Å². The van der Waals surface area contributed by atoms with Crippen LogP contribution in [-0.4, -0.2) is 53.7 Å². The predicted molar refractivity (Wildman–Crippen MR) is 86.3 cm³/mol. The van der Waals surface area contributed by atoms with Crippen LogP contribution in [0, 0.1) is 5.82 Å². The minimum atomic E-state index is -0.364. The summed E-state index contributed by atoms with van der Waals surface area (Å²) in [6, 6.07) is 6.24. The lowest BCUT2D eigenvalue weighted by Gasteiger charge is -2.34. The standard InChI is InChI=1S/C17H22FN3O3/c1-13(22)20-8-10-21(11-9-20)17(24)7-6-16(23)19-12-14-4-2-3-5-15(14)18/h2-5H,6-12H2,1H3,(H,19,23). The number of halogens is 1. The molecule has 6 nitrogen and oxygen atoms in total. The first kappa shape index (κ1) is 17.9. The fourth-order valence-electron chi connectivity index (χ4n) is 2.57. The van der Waals surface area contributed by atoms with Crippen molar-refractivity contribution in [1.82, 2.24) is 15.1 Å². The lowest BCUT2D eigenvalue weighted by atomic mass is 10.2. The Morgan fingerprint density at radius 1 is 1.04 bits per heavy atom. The molecule has 0 aromatic heterocycles. The third kappa shape index (κ3) is 5.04. The van der Waals surface area contributed by atoms with Gasteiger partial charge in [0, 0.05) is 58.1 Å². The van der Waals surface area contributed by atoms with E-state index in [9.17, 15) is 18.8 Å². The lowest BCUT2D eigenvalue weighted by molar-refractivity contribution is -0.139. The Bertz CT molecular complexity index is 613. The fourth-order valence-corrected chi connectivity index (χ4v) is 2.57. The molecule has 1 aliphatic rings. The summed E-state index contributed by atoms with van der Waals surface area (Å²) in [6.45, 7) is 3.67. The van der Waals surface area contributed by atoms with Crippen LogP contribution < -0.4 is 5.32 Å². The van der Waals surface area contributed by atoms with Crippen LogP contribution in [0.25, 0.3) is 0 Å². The molecule has 130 valence electrons. The second-order valence-corrected chi connectivity index (χ2v) is 5.75. The molecular weight excluding hydrogens is 313 g/mol. The van der Waals surface area contributed by atoms with E-state index in [-0.39, 0.29) is 42.9 Å². The summed E-state index contributed by atoms with van der Waals surface area (Å²) in [7, 11) is 0. The molecule has 24 heavy (non-hydrogen) atoms. The highest BCUT2D eigenvalue weighted by Gasteiger charge is 2.22. The molecular formula is C17H22FN3O3. The maximum Gasteiger partial charge on any atom is 0.223 e. The van der Waals surface area contributed by atoms with Crippen LogP contribution in [0.1, 0.15) is 25.3 Å². The Morgan fingerprint density at radius 3 is 2.29 bits per heavy atom. The Kier molecular flexibility index (Phi) is 6.28. The van der Waals surface area contributed by atoms with Crippen LogP contribution in [0.5, 0.6) is 0 Å². The largest absolute Gasteiger partial charge is 0.352 e. The first-order valence-electron chi connectivity index (χ1n) is 8.01. The number of rotatable bonds is 5. The predicted octanol–water partition coefficient (Wildman–Crippen LogP) is 0.913. The van der Waals surface area contributed by atoms with E-state index >= 15 is 0 Å². The maximum absolute atomic E-state index is 13.4. The summed E-state index contributed by atoms with van der Waals surface area (Å²) in [5.74, 6) is -0.736. The number of piperazine rings is 1. The van der Waals surface area contributed by atoms with Gasteiger partial charge in [-0.2, -0.15) is 0 Å². The highest BCUT2D eigenvalue weighted by molar-refractivity contribution is 5.84. The molecule has 0 saturated carbocycles. The molecule has 1 heterocycles. The molecule has 1 aromatic carbocycles. The number of hydrogen-bond acceptors (Lipinski definition) is 3. The number of amides is 3. The number of nitrogens with one attached hydrogen (secondary N) is 1. The monoisotopic (exact) mass is 335 g/mol. The van der Waals surface area contributed by atoms with E-state index in [1.807, 2.05) is 0 Å². The second-order valence-electron chi connectivity index (χ2n) is 5.75. The SMILES string of the molecule is CC(=O)N1CCN(C(=O)CCC(=O)NCc2ccccc2F)CC1. The summed E-state index contributed by atoms with van der Waals surface area (Å²) in [4.78, 5) is 38.5. The number of hydrogen-bond donors (Lipinski definition) is 1. The molecule has 0 spiro atoms. The molecule has 0 unspecified atom stereocenters. The van der Waals surface area contributed by atoms with Crippen molar-refractivity contribution in [2.24, 2.45) is 0 Å². The van der Waals surface area contributed by atoms with E-state index in [1.54, 1.807) is 28.0 Å². The van der Waals surface area contributed by atoms with Gasteiger partial charge in [0.25, 0.3) is 0 Å². The maximum atomic E-state index is 13.4. The Balaban J connectivity index is 1.69. The average molecular weight is 335 g/mol. The van der Waals surface area contributed by atoms with Crippen LogP contribution >= 0.6 is 0 Å². The minimum Gasteiger partial charge on any atom is -0.352 e. The number of carbonyl (C=O) groups is 3. The van der Waals surface area contributed by atoms with Gasteiger partial charge in [-0.25, -0.2) is 4.39 Å². The van der Waals surface area contributed by atoms with Crippen molar-refractivity contribution in [1.29, 1.82) is 0 Å². The van der Waals surface area contributed by atoms with Crippen LogP contribution in [0.15, 0.2) is 24.3 Å². The molecule has 3 amide bonds. The van der Waals surface area contributed by atoms with Gasteiger partial charge in [-0.3, -0.25) is 14.4 Å². The zero-order valence-electron chi connectivity index (χ0n) is 13.8. The van der Waals surface area contributed by atoms with Gasteiger partial charge in [0.05, 0.1) is 0 Å². The van der Waals surface area contributed by atoms with Crippen molar-refractivity contribution in [2.45, 2.75) is 26.3 Å². The van der Waals surface area contributed by atoms with E-state index in [1.165, 1.54) is 13.0 Å². The van der Waals surface area contributed by atoms with E-state index in [2.05, 4.69) is 5.32 Å². The van der Waals surface area contributed by atoms with Crippen molar-refractivity contribution in [3.8, 4) is 0 Å². The Morgan fingerprint density at radius 2 is 1.67 bits per heavy atom. The zero-order valence-corrected chi connectivity index (χ0v) is 13.8. The van der Waals surface area contributed by atoms with Gasteiger partial charge in [-0.1, -0.05) is 18.2 Å². The molecule has 1 N–H and O–H groups in total. The summed E-state index contributed by atoms with van der Waals surface area (Å²) >= 11 is 0. The molecule has 1 aromatic rings. The number of nitrogens with zero attached hydrogens (tertiary/aromatic N) is 2. The molecule has 0 radical (unpaired) electrons. The molecule has 1 saturated heterocycles. The van der Waals surface area contributed by atoms with Crippen molar-refractivity contribution in [3.05, 3.63) is 35.6 Å². The quantitative estimate of drug-likeness (QED) is 0.870. The van der Waals surface area contributed by atoms with E-state index in [0.717, 1.165) is 0 Å². The smallest absolute Gasteiger partial charge is 0.223 e. The average Bonchev–Trinajstić information content (AvgIpc) is 2.59. The van der Waals surface area contributed by atoms with Crippen molar-refractivity contribution in [2.75, 3.05) is 26.2 Å². The summed E-state index contributed by atoms with van der Waals surface area (Å²) in [5, 5.41) is 2.62. The molecule has 0 aliphatic carbocycles. The van der Waals surface area contributed by atoms with Gasteiger partial charge < -0.3 is 15.1 Å². The molecule has 7 heteroatoms. The van der Waals surface area contributed by atoms with Crippen LogP contribution in [0.3, 0.4) is 0 Å². The highest BCUT2D eigenvalue weighted by Crippen LogP contribution is 2.07. The topological polar surface area (TPSA) is 69.7 Å². The normalized spacial score (nSPS) is 14.4. The van der Waals surface area contributed by atoms with Gasteiger partial charge in [0.15, 0.2) is 0 Å². The minimum absolute atomic E-state index is 0.00891. The van der Waals surface area contributed by atoms with E-state index < -0.39 is 0 Å². The summed E-state index contributed by atoms with van der Waals surface area (Å²) in [6.07, 6.45) is 0.184. The van der Waals surface area contributed by atoms with Crippen molar-refractivity contribution in [3.63, 3.8) is 0 Å². The number of benzene rings is 1. The Labute approximate surface area is 140 Å². The lowest BCUT2D eigenvalue weighted by Crippen LogP contribution is -2.50. The van der Waals surface area contributed by atoms with E-state index in [0.29, 0.717) is 31.7 Å². The van der Waals surface area contributed by atoms with Gasteiger partial charge in [0.2, 0.25) is 17.7 Å². The van der Waals surface area contributed by atoms with Crippen LogP contribution in [0.4, 0.5) is 4.39 Å². The van der Waals surface area contributed by atoms with Gasteiger partial charge in [0.1, 0.15) is 5.82 Å². The van der Waals surface area contributed by atoms with E-state index in [4.69, 9.17) is 0 Å². The first-order valence-corrected chi connectivity index (χ1v) is 8.01. The molecule has 2 rings (SSSR count). The van der Waals surface area contributed by atoms with Crippen molar-refractivity contribution >= 4 is 17.7 Å². The summed E-state index contributed by atoms with van der Waals surface area (Å²) in [5.41, 5.74) is 0.414. The summed E-state index contributed by atoms with van der Waals surface area (Å²) < 4.78 is 13.4. The number of carbonyl (C=O) groups excluding carboxylic acids is 3. The van der Waals surface area contributed by atoms with Gasteiger partial charge >= 0.3 is 0 Å². The Hall–Kier alpha value is -2.44. The third-order valence-corrected chi connectivity index (χ3v) is 4.08. The zero-order chi connectivity index (χ0) is 17.5. The highest BCUT2D eigenvalue weighted by atomic mass is 19.1. The van der Waals surface area contributed by atoms with Crippen LogP contribution in [0.2, 0.25) is 0 Å². The molecule has 1 aliphatic heterocycles.